The molecule has 0 aromatic carbocycles. The maximum atomic E-state index is 11.3. The molecule has 1 aromatic rings. The van der Waals surface area contributed by atoms with Gasteiger partial charge in [-0.25, -0.2) is 9.78 Å². The van der Waals surface area contributed by atoms with Gasteiger partial charge >= 0.3 is 6.03 Å². The lowest BCUT2D eigenvalue weighted by Crippen LogP contribution is -2.28. The molecule has 0 bridgehead atoms. The molecule has 0 aliphatic rings. The first kappa shape index (κ1) is 10.3. The first-order valence-electron chi connectivity index (χ1n) is 4.47. The highest BCUT2D eigenvalue weighted by atomic mass is 16.2. The topological polar surface area (TPSA) is 70.7 Å². The van der Waals surface area contributed by atoms with Gasteiger partial charge in [0.25, 0.3) is 0 Å². The van der Waals surface area contributed by atoms with Crippen LogP contribution in [0.2, 0.25) is 0 Å². The highest BCUT2D eigenvalue weighted by Gasteiger charge is 2.00. The molecular formula is C9H12N4O. The smallest absolute Gasteiger partial charge is 0.326 e. The fourth-order valence-corrected chi connectivity index (χ4v) is 0.995. The van der Waals surface area contributed by atoms with E-state index in [1.54, 1.807) is 12.4 Å². The molecule has 0 spiro atoms. The Balaban J connectivity index is 2.14. The van der Waals surface area contributed by atoms with Crippen molar-refractivity contribution in [1.29, 1.82) is 5.26 Å². The van der Waals surface area contributed by atoms with E-state index in [9.17, 15) is 4.79 Å². The van der Waals surface area contributed by atoms with Gasteiger partial charge in [0.1, 0.15) is 6.33 Å². The Bertz CT molecular complexity index is 312. The van der Waals surface area contributed by atoms with E-state index in [1.165, 1.54) is 10.9 Å². The standard InChI is InChI=1S/C9H12N4O/c10-4-2-1-3-5-12-9(14)13-7-6-11-8-13/h6-8H,1-3,5H2,(H,12,14). The van der Waals surface area contributed by atoms with Crippen molar-refractivity contribution in [1.82, 2.24) is 14.9 Å². The summed E-state index contributed by atoms with van der Waals surface area (Å²) in [6, 6.07) is 1.87. The monoisotopic (exact) mass is 192 g/mol. The van der Waals surface area contributed by atoms with Crippen molar-refractivity contribution in [3.8, 4) is 6.07 Å². The molecule has 0 aliphatic carbocycles. The summed E-state index contributed by atoms with van der Waals surface area (Å²) < 4.78 is 1.38. The van der Waals surface area contributed by atoms with Crippen molar-refractivity contribution in [2.24, 2.45) is 0 Å². The van der Waals surface area contributed by atoms with Crippen molar-refractivity contribution in [2.45, 2.75) is 19.3 Å². The predicted molar refractivity (Wildman–Crippen MR) is 50.5 cm³/mol. The number of nitriles is 1. The number of hydrogen-bond donors (Lipinski definition) is 1. The lowest BCUT2D eigenvalue weighted by Gasteiger charge is -2.03. The van der Waals surface area contributed by atoms with Crippen LogP contribution in [0.3, 0.4) is 0 Å². The van der Waals surface area contributed by atoms with Gasteiger partial charge < -0.3 is 5.32 Å². The Morgan fingerprint density at radius 1 is 1.57 bits per heavy atom. The number of aromatic nitrogens is 2. The van der Waals surface area contributed by atoms with Crippen LogP contribution in [0.15, 0.2) is 18.7 Å². The first-order chi connectivity index (χ1) is 6.84. The molecule has 74 valence electrons. The summed E-state index contributed by atoms with van der Waals surface area (Å²) in [5.41, 5.74) is 0. The molecule has 1 amide bonds. The third kappa shape index (κ3) is 3.27. The van der Waals surface area contributed by atoms with Gasteiger partial charge in [0, 0.05) is 25.4 Å². The molecule has 1 rings (SSSR count). The molecule has 5 heteroatoms. The van der Waals surface area contributed by atoms with Crippen LogP contribution in [-0.4, -0.2) is 22.1 Å². The van der Waals surface area contributed by atoms with E-state index in [2.05, 4.69) is 16.4 Å². The van der Waals surface area contributed by atoms with Gasteiger partial charge in [0.15, 0.2) is 0 Å². The fraction of sp³-hybridized carbons (Fsp3) is 0.444. The zero-order valence-corrected chi connectivity index (χ0v) is 7.81. The molecule has 1 heterocycles. The number of rotatable bonds is 4. The lowest BCUT2D eigenvalue weighted by atomic mass is 10.2. The SMILES string of the molecule is N#CCCCCNC(=O)n1ccnc1. The third-order valence-corrected chi connectivity index (χ3v) is 1.73. The number of nitrogens with zero attached hydrogens (tertiary/aromatic N) is 3. The molecule has 1 N–H and O–H groups in total. The third-order valence-electron chi connectivity index (χ3n) is 1.73. The van der Waals surface area contributed by atoms with Crippen LogP contribution in [0.25, 0.3) is 0 Å². The molecule has 0 aliphatic heterocycles. The van der Waals surface area contributed by atoms with Gasteiger partial charge in [-0.3, -0.25) is 4.57 Å². The Labute approximate surface area is 82.4 Å². The number of imidazole rings is 1. The zero-order chi connectivity index (χ0) is 10.2. The van der Waals surface area contributed by atoms with E-state index in [-0.39, 0.29) is 6.03 Å². The summed E-state index contributed by atoms with van der Waals surface area (Å²) in [7, 11) is 0. The molecular weight excluding hydrogens is 180 g/mol. The quantitative estimate of drug-likeness (QED) is 0.727. The highest BCUT2D eigenvalue weighted by Crippen LogP contribution is 1.92. The maximum Gasteiger partial charge on any atom is 0.326 e. The van der Waals surface area contributed by atoms with Gasteiger partial charge in [-0.2, -0.15) is 5.26 Å². The van der Waals surface area contributed by atoms with Crippen molar-refractivity contribution in [2.75, 3.05) is 6.54 Å². The Morgan fingerprint density at radius 3 is 3.07 bits per heavy atom. The van der Waals surface area contributed by atoms with E-state index < -0.39 is 0 Å². The van der Waals surface area contributed by atoms with Crippen LogP contribution in [0.4, 0.5) is 4.79 Å². The van der Waals surface area contributed by atoms with E-state index in [4.69, 9.17) is 5.26 Å². The highest BCUT2D eigenvalue weighted by molar-refractivity contribution is 5.76. The number of carbonyl (C=O) groups excluding carboxylic acids is 1. The molecule has 0 unspecified atom stereocenters. The number of carbonyl (C=O) groups is 1. The van der Waals surface area contributed by atoms with Gasteiger partial charge in [-0.15, -0.1) is 0 Å². The Hall–Kier alpha value is -1.83. The van der Waals surface area contributed by atoms with Crippen molar-refractivity contribution in [3.05, 3.63) is 18.7 Å². The minimum absolute atomic E-state index is 0.181. The van der Waals surface area contributed by atoms with Gasteiger partial charge in [0.2, 0.25) is 0 Å². The van der Waals surface area contributed by atoms with Crippen LogP contribution in [0.1, 0.15) is 19.3 Å². The van der Waals surface area contributed by atoms with E-state index >= 15 is 0 Å². The molecule has 5 nitrogen and oxygen atoms in total. The zero-order valence-electron chi connectivity index (χ0n) is 7.81. The average molecular weight is 192 g/mol. The van der Waals surface area contributed by atoms with E-state index in [1.807, 2.05) is 0 Å². The Morgan fingerprint density at radius 2 is 2.43 bits per heavy atom. The fourth-order valence-electron chi connectivity index (χ4n) is 0.995. The number of amides is 1. The number of nitrogens with one attached hydrogen (secondary N) is 1. The van der Waals surface area contributed by atoms with Crippen molar-refractivity contribution < 1.29 is 4.79 Å². The lowest BCUT2D eigenvalue weighted by molar-refractivity contribution is 0.242. The van der Waals surface area contributed by atoms with Crippen LogP contribution >= 0.6 is 0 Å². The van der Waals surface area contributed by atoms with Gasteiger partial charge in [-0.1, -0.05) is 0 Å². The summed E-state index contributed by atoms with van der Waals surface area (Å²) >= 11 is 0. The molecule has 0 saturated heterocycles. The maximum absolute atomic E-state index is 11.3. The minimum Gasteiger partial charge on any atom is -0.337 e. The van der Waals surface area contributed by atoms with Crippen LogP contribution < -0.4 is 5.32 Å². The second kappa shape index (κ2) is 5.75. The minimum atomic E-state index is -0.181. The molecule has 0 radical (unpaired) electrons. The predicted octanol–water partition coefficient (Wildman–Crippen LogP) is 1.13. The summed E-state index contributed by atoms with van der Waals surface area (Å²) in [6.45, 7) is 0.596. The molecule has 14 heavy (non-hydrogen) atoms. The summed E-state index contributed by atoms with van der Waals surface area (Å²) in [5.74, 6) is 0. The molecule has 0 atom stereocenters. The average Bonchev–Trinajstić information content (AvgIpc) is 2.70. The molecule has 1 aromatic heterocycles. The van der Waals surface area contributed by atoms with Crippen LogP contribution in [-0.2, 0) is 0 Å². The number of unbranched alkanes of at least 4 members (excludes halogenated alkanes) is 2. The second-order valence-electron chi connectivity index (χ2n) is 2.82. The molecule has 0 saturated carbocycles. The van der Waals surface area contributed by atoms with Crippen molar-refractivity contribution >= 4 is 6.03 Å². The summed E-state index contributed by atoms with van der Waals surface area (Å²) in [4.78, 5) is 15.0. The van der Waals surface area contributed by atoms with E-state index in [0.29, 0.717) is 13.0 Å². The summed E-state index contributed by atoms with van der Waals surface area (Å²) in [5, 5.41) is 11.0. The second-order valence-corrected chi connectivity index (χ2v) is 2.82. The first-order valence-corrected chi connectivity index (χ1v) is 4.47. The van der Waals surface area contributed by atoms with Gasteiger partial charge in [0.05, 0.1) is 6.07 Å². The van der Waals surface area contributed by atoms with Crippen LogP contribution in [0.5, 0.6) is 0 Å². The Kier molecular flexibility index (Phi) is 4.21. The van der Waals surface area contributed by atoms with Crippen LogP contribution in [0, 0.1) is 11.3 Å². The number of hydrogen-bond acceptors (Lipinski definition) is 3. The largest absolute Gasteiger partial charge is 0.337 e. The van der Waals surface area contributed by atoms with Crippen molar-refractivity contribution in [3.63, 3.8) is 0 Å². The summed E-state index contributed by atoms with van der Waals surface area (Å²) in [6.07, 6.45) is 6.78. The normalized spacial score (nSPS) is 9.36. The van der Waals surface area contributed by atoms with Gasteiger partial charge in [-0.05, 0) is 12.8 Å². The molecule has 0 fully saturated rings. The van der Waals surface area contributed by atoms with E-state index in [0.717, 1.165) is 12.8 Å².